The van der Waals surface area contributed by atoms with E-state index < -0.39 is 10.0 Å². The number of nitrogens with one attached hydrogen (secondary N) is 1. The first-order chi connectivity index (χ1) is 16.1. The van der Waals surface area contributed by atoms with Crippen molar-refractivity contribution in [2.24, 2.45) is 5.92 Å². The lowest BCUT2D eigenvalue weighted by atomic mass is 9.96. The Morgan fingerprint density at radius 1 is 0.912 bits per heavy atom. The predicted octanol–water partition coefficient (Wildman–Crippen LogP) is 6.48. The second-order valence-corrected chi connectivity index (χ2v) is 11.3. The van der Waals surface area contributed by atoms with Gasteiger partial charge in [0, 0.05) is 21.2 Å². The lowest BCUT2D eigenvalue weighted by molar-refractivity contribution is 0.0932. The van der Waals surface area contributed by atoms with Crippen molar-refractivity contribution in [2.45, 2.75) is 32.9 Å². The fraction of sp³-hybridized carbons (Fsp3) is 0.269. The smallest absolute Gasteiger partial charge is 0.251 e. The van der Waals surface area contributed by atoms with Gasteiger partial charge in [-0.1, -0.05) is 73.4 Å². The first-order valence-electron chi connectivity index (χ1n) is 10.9. The van der Waals surface area contributed by atoms with Gasteiger partial charge in [-0.2, -0.15) is 0 Å². The van der Waals surface area contributed by atoms with Crippen LogP contribution >= 0.6 is 23.2 Å². The molecular weight excluding hydrogens is 491 g/mol. The third-order valence-electron chi connectivity index (χ3n) is 5.40. The lowest BCUT2D eigenvalue weighted by Gasteiger charge is -2.24. The number of carbonyl (C=O) groups excluding carboxylic acids is 1. The van der Waals surface area contributed by atoms with E-state index in [9.17, 15) is 13.2 Å². The molecular formula is C26H28Cl2N2O3S. The van der Waals surface area contributed by atoms with Crippen molar-refractivity contribution in [1.82, 2.24) is 5.32 Å². The van der Waals surface area contributed by atoms with Gasteiger partial charge in [0.05, 0.1) is 24.5 Å². The molecule has 0 aliphatic heterocycles. The van der Waals surface area contributed by atoms with Gasteiger partial charge in [-0.3, -0.25) is 9.10 Å². The average molecular weight is 519 g/mol. The Labute approximate surface area is 211 Å². The fourth-order valence-electron chi connectivity index (χ4n) is 3.68. The van der Waals surface area contributed by atoms with Gasteiger partial charge in [-0.05, 0) is 54.3 Å². The maximum Gasteiger partial charge on any atom is 0.251 e. The van der Waals surface area contributed by atoms with Gasteiger partial charge in [0.15, 0.2) is 0 Å². The Morgan fingerprint density at radius 3 is 2.03 bits per heavy atom. The molecule has 8 heteroatoms. The third-order valence-corrected chi connectivity index (χ3v) is 7.24. The van der Waals surface area contributed by atoms with Crippen LogP contribution in [0.3, 0.4) is 0 Å². The van der Waals surface area contributed by atoms with Crippen LogP contribution < -0.4 is 9.62 Å². The largest absolute Gasteiger partial charge is 0.345 e. The molecule has 0 bridgehead atoms. The molecule has 5 nitrogen and oxygen atoms in total. The Hall–Kier alpha value is -2.54. The van der Waals surface area contributed by atoms with Gasteiger partial charge in [0.1, 0.15) is 0 Å². The zero-order chi connectivity index (χ0) is 24.9. The number of halogens is 2. The number of hydrogen-bond acceptors (Lipinski definition) is 3. The molecule has 3 rings (SSSR count). The molecule has 0 saturated carbocycles. The molecule has 0 spiro atoms. The maximum absolute atomic E-state index is 13.0. The average Bonchev–Trinajstić information content (AvgIpc) is 2.78. The van der Waals surface area contributed by atoms with Crippen LogP contribution in [0, 0.1) is 5.92 Å². The molecule has 1 N–H and O–H groups in total. The van der Waals surface area contributed by atoms with E-state index >= 15 is 0 Å². The van der Waals surface area contributed by atoms with Gasteiger partial charge >= 0.3 is 0 Å². The lowest BCUT2D eigenvalue weighted by Crippen LogP contribution is -2.30. The van der Waals surface area contributed by atoms with Crippen molar-refractivity contribution in [2.75, 3.05) is 10.6 Å². The van der Waals surface area contributed by atoms with Crippen LogP contribution in [0.25, 0.3) is 0 Å². The van der Waals surface area contributed by atoms with Crippen molar-refractivity contribution in [3.05, 3.63) is 99.5 Å². The molecule has 1 amide bonds. The van der Waals surface area contributed by atoms with Crippen molar-refractivity contribution >= 4 is 44.8 Å². The highest BCUT2D eigenvalue weighted by Gasteiger charge is 2.22. The second-order valence-electron chi connectivity index (χ2n) is 8.58. The summed E-state index contributed by atoms with van der Waals surface area (Å²) in [6.07, 6.45) is 1.92. The highest BCUT2D eigenvalue weighted by molar-refractivity contribution is 7.92. The number of nitrogens with zero attached hydrogens (tertiary/aromatic N) is 1. The number of benzene rings is 3. The Morgan fingerprint density at radius 2 is 1.50 bits per heavy atom. The molecule has 0 aromatic heterocycles. The number of anilines is 1. The molecule has 1 atom stereocenters. The summed E-state index contributed by atoms with van der Waals surface area (Å²) in [6.45, 7) is 4.21. The summed E-state index contributed by atoms with van der Waals surface area (Å²) >= 11 is 12.5. The normalized spacial score (nSPS) is 12.4. The molecule has 0 unspecified atom stereocenters. The van der Waals surface area contributed by atoms with Crippen LogP contribution in [0.4, 0.5) is 5.69 Å². The topological polar surface area (TPSA) is 66.5 Å². The monoisotopic (exact) mass is 518 g/mol. The summed E-state index contributed by atoms with van der Waals surface area (Å²) in [5.41, 5.74) is 2.41. The van der Waals surface area contributed by atoms with E-state index in [4.69, 9.17) is 23.2 Å². The molecule has 0 heterocycles. The molecule has 3 aromatic rings. The SMILES string of the molecule is CC(C)C[C@@H](NC(=O)c1ccc(N(Cc2c(Cl)cccc2Cl)S(C)(=O)=O)cc1)c1ccccc1. The van der Waals surface area contributed by atoms with Crippen molar-refractivity contribution in [3.63, 3.8) is 0 Å². The summed E-state index contributed by atoms with van der Waals surface area (Å²) in [4.78, 5) is 13.0. The van der Waals surface area contributed by atoms with Gasteiger partial charge in [0.2, 0.25) is 10.0 Å². The number of carbonyl (C=O) groups is 1. The number of sulfonamides is 1. The van der Waals surface area contributed by atoms with Crippen LogP contribution in [-0.2, 0) is 16.6 Å². The number of hydrogen-bond donors (Lipinski definition) is 1. The van der Waals surface area contributed by atoms with E-state index in [-0.39, 0.29) is 18.5 Å². The van der Waals surface area contributed by atoms with Crippen LogP contribution in [0.5, 0.6) is 0 Å². The molecule has 0 aliphatic rings. The van der Waals surface area contributed by atoms with E-state index in [1.54, 1.807) is 42.5 Å². The summed E-state index contributed by atoms with van der Waals surface area (Å²) in [5.74, 6) is 0.175. The molecule has 0 saturated heterocycles. The minimum absolute atomic E-state index is 0.0205. The minimum Gasteiger partial charge on any atom is -0.345 e. The molecule has 0 aliphatic carbocycles. The first kappa shape index (κ1) is 26.1. The van der Waals surface area contributed by atoms with Crippen LogP contribution in [0.15, 0.2) is 72.8 Å². The van der Waals surface area contributed by atoms with Crippen LogP contribution in [0.1, 0.15) is 47.8 Å². The van der Waals surface area contributed by atoms with Gasteiger partial charge in [-0.25, -0.2) is 8.42 Å². The van der Waals surface area contributed by atoms with Crippen LogP contribution in [-0.4, -0.2) is 20.6 Å². The Kier molecular flexibility index (Phi) is 8.63. The molecule has 34 heavy (non-hydrogen) atoms. The molecule has 3 aromatic carbocycles. The standard InChI is InChI=1S/C26H28Cl2N2O3S/c1-18(2)16-25(19-8-5-4-6-9-19)29-26(31)20-12-14-21(15-13-20)30(34(3,32)33)17-22-23(27)10-7-11-24(22)28/h4-15,18,25H,16-17H2,1-3H3,(H,29,31)/t25-/m1/s1. The maximum atomic E-state index is 13.0. The van der Waals surface area contributed by atoms with Crippen molar-refractivity contribution in [3.8, 4) is 0 Å². The molecule has 180 valence electrons. The zero-order valence-electron chi connectivity index (χ0n) is 19.3. The highest BCUT2D eigenvalue weighted by Crippen LogP contribution is 2.29. The van der Waals surface area contributed by atoms with E-state index in [0.29, 0.717) is 32.8 Å². The van der Waals surface area contributed by atoms with Crippen molar-refractivity contribution < 1.29 is 13.2 Å². The van der Waals surface area contributed by atoms with E-state index in [1.807, 2.05) is 30.3 Å². The quantitative estimate of drug-likeness (QED) is 0.352. The Bertz CT molecular complexity index is 1210. The summed E-state index contributed by atoms with van der Waals surface area (Å²) in [5, 5.41) is 3.88. The van der Waals surface area contributed by atoms with E-state index in [1.165, 1.54) is 4.31 Å². The van der Waals surface area contributed by atoms with Crippen molar-refractivity contribution in [1.29, 1.82) is 0 Å². The zero-order valence-corrected chi connectivity index (χ0v) is 21.7. The van der Waals surface area contributed by atoms with Crippen LogP contribution in [0.2, 0.25) is 10.0 Å². The van der Waals surface area contributed by atoms with Gasteiger partial charge in [0.25, 0.3) is 5.91 Å². The van der Waals surface area contributed by atoms with Gasteiger partial charge in [-0.15, -0.1) is 0 Å². The Balaban J connectivity index is 1.83. The fourth-order valence-corrected chi connectivity index (χ4v) is 5.07. The molecule has 0 fully saturated rings. The van der Waals surface area contributed by atoms with E-state index in [0.717, 1.165) is 18.2 Å². The first-order valence-corrected chi connectivity index (χ1v) is 13.5. The minimum atomic E-state index is -3.64. The number of amides is 1. The predicted molar refractivity (Wildman–Crippen MR) is 140 cm³/mol. The summed E-state index contributed by atoms with van der Waals surface area (Å²) in [6, 6.07) is 21.2. The van der Waals surface area contributed by atoms with Gasteiger partial charge < -0.3 is 5.32 Å². The number of rotatable bonds is 9. The second kappa shape index (κ2) is 11.3. The summed E-state index contributed by atoms with van der Waals surface area (Å²) in [7, 11) is -3.64. The third kappa shape index (κ3) is 6.75. The summed E-state index contributed by atoms with van der Waals surface area (Å²) < 4.78 is 26.3. The molecule has 0 radical (unpaired) electrons. The highest BCUT2D eigenvalue weighted by atomic mass is 35.5. The van der Waals surface area contributed by atoms with E-state index in [2.05, 4.69) is 19.2 Å².